The molecule has 0 aliphatic carbocycles. The van der Waals surface area contributed by atoms with Crippen LogP contribution in [0.2, 0.25) is 0 Å². The van der Waals surface area contributed by atoms with Crippen molar-refractivity contribution in [1.29, 1.82) is 0 Å². The second kappa shape index (κ2) is 7.36. The fourth-order valence-corrected chi connectivity index (χ4v) is 1.57. The maximum absolute atomic E-state index is 11.9. The lowest BCUT2D eigenvalue weighted by atomic mass is 10.1. The van der Waals surface area contributed by atoms with Crippen LogP contribution in [0.4, 0.5) is 0 Å². The highest BCUT2D eigenvalue weighted by molar-refractivity contribution is 5.93. The fourth-order valence-electron chi connectivity index (χ4n) is 1.57. The quantitative estimate of drug-likeness (QED) is 0.542. The molecule has 0 aliphatic heterocycles. The van der Waals surface area contributed by atoms with Gasteiger partial charge < -0.3 is 15.5 Å². The van der Waals surface area contributed by atoms with Crippen molar-refractivity contribution in [1.82, 2.24) is 20.5 Å². The van der Waals surface area contributed by atoms with Crippen LogP contribution in [0.1, 0.15) is 55.5 Å². The molecular formula is C12H18N4O5. The van der Waals surface area contributed by atoms with Crippen molar-refractivity contribution in [2.75, 3.05) is 0 Å². The molecule has 0 aliphatic rings. The minimum atomic E-state index is -1.23. The van der Waals surface area contributed by atoms with Crippen molar-refractivity contribution in [2.24, 2.45) is 0 Å². The first kappa shape index (κ1) is 16.6. The second-order valence-corrected chi connectivity index (χ2v) is 4.85. The number of carboxylic acid groups (broad SMARTS) is 2. The van der Waals surface area contributed by atoms with Gasteiger partial charge in [-0.1, -0.05) is 13.8 Å². The number of hydrogen-bond donors (Lipinski definition) is 4. The summed E-state index contributed by atoms with van der Waals surface area (Å²) in [4.78, 5) is 37.3. The summed E-state index contributed by atoms with van der Waals surface area (Å²) >= 11 is 0. The number of nitrogens with zero attached hydrogens (tertiary/aromatic N) is 2. The van der Waals surface area contributed by atoms with Gasteiger partial charge in [-0.25, -0.2) is 9.78 Å². The first-order valence-corrected chi connectivity index (χ1v) is 6.49. The molecule has 1 heterocycles. The Morgan fingerprint density at radius 1 is 1.29 bits per heavy atom. The van der Waals surface area contributed by atoms with Crippen molar-refractivity contribution in [3.63, 3.8) is 0 Å². The lowest BCUT2D eigenvalue weighted by Gasteiger charge is -2.12. The number of rotatable bonds is 8. The van der Waals surface area contributed by atoms with Crippen LogP contribution in [-0.4, -0.2) is 49.3 Å². The highest BCUT2D eigenvalue weighted by Gasteiger charge is 2.23. The van der Waals surface area contributed by atoms with E-state index >= 15 is 0 Å². The van der Waals surface area contributed by atoms with E-state index in [0.717, 1.165) is 0 Å². The Bertz CT molecular complexity index is 525. The average Bonchev–Trinajstić information content (AvgIpc) is 2.86. The highest BCUT2D eigenvalue weighted by atomic mass is 16.4. The maximum atomic E-state index is 11.9. The van der Waals surface area contributed by atoms with Crippen LogP contribution in [0.15, 0.2) is 0 Å². The Balaban J connectivity index is 2.62. The van der Waals surface area contributed by atoms with Crippen molar-refractivity contribution in [3.8, 4) is 0 Å². The van der Waals surface area contributed by atoms with E-state index in [2.05, 4.69) is 20.5 Å². The largest absolute Gasteiger partial charge is 0.481 e. The molecule has 116 valence electrons. The molecule has 0 saturated carbocycles. The smallest absolute Gasteiger partial charge is 0.326 e. The van der Waals surface area contributed by atoms with Gasteiger partial charge in [-0.2, -0.15) is 0 Å². The lowest BCUT2D eigenvalue weighted by molar-refractivity contribution is -0.140. The minimum Gasteiger partial charge on any atom is -0.481 e. The van der Waals surface area contributed by atoms with Gasteiger partial charge >= 0.3 is 11.9 Å². The Hall–Kier alpha value is -2.45. The summed E-state index contributed by atoms with van der Waals surface area (Å²) in [5.74, 6) is -2.50. The average molecular weight is 298 g/mol. The summed E-state index contributed by atoms with van der Waals surface area (Å²) < 4.78 is 0. The van der Waals surface area contributed by atoms with Gasteiger partial charge in [0, 0.05) is 12.3 Å². The van der Waals surface area contributed by atoms with E-state index in [1.807, 2.05) is 13.8 Å². The van der Waals surface area contributed by atoms with Gasteiger partial charge in [0.15, 0.2) is 0 Å². The number of amides is 1. The number of aliphatic carboxylic acids is 2. The molecule has 0 saturated heterocycles. The number of carboxylic acids is 2. The molecule has 0 radical (unpaired) electrons. The summed E-state index contributed by atoms with van der Waals surface area (Å²) in [6, 6.07) is -1.17. The molecular weight excluding hydrogens is 280 g/mol. The number of carbonyl (C=O) groups is 3. The van der Waals surface area contributed by atoms with E-state index < -0.39 is 23.9 Å². The van der Waals surface area contributed by atoms with E-state index in [9.17, 15) is 14.4 Å². The Morgan fingerprint density at radius 3 is 2.43 bits per heavy atom. The van der Waals surface area contributed by atoms with Gasteiger partial charge in [-0.05, 0) is 12.8 Å². The number of H-pyrrole nitrogens is 1. The van der Waals surface area contributed by atoms with Gasteiger partial charge in [0.05, 0.1) is 0 Å². The van der Waals surface area contributed by atoms with E-state index in [1.54, 1.807) is 0 Å². The fraction of sp³-hybridized carbons (Fsp3) is 0.583. The predicted octanol–water partition coefficient (Wildman–Crippen LogP) is 0.366. The summed E-state index contributed by atoms with van der Waals surface area (Å²) in [7, 11) is 0. The Labute approximate surface area is 120 Å². The summed E-state index contributed by atoms with van der Waals surface area (Å²) in [5.41, 5.74) is 0. The standard InChI is InChI=1S/C12H18N4O5/c1-6(2)9-14-10(16-15-9)11(19)13-7(12(20)21)4-3-5-8(17)18/h6-7H,3-5H2,1-2H3,(H,13,19)(H,17,18)(H,20,21)(H,14,15,16)/t7-/m1/s1. The van der Waals surface area contributed by atoms with Crippen LogP contribution in [0, 0.1) is 0 Å². The topological polar surface area (TPSA) is 145 Å². The number of aromatic amines is 1. The highest BCUT2D eigenvalue weighted by Crippen LogP contribution is 2.08. The first-order valence-electron chi connectivity index (χ1n) is 6.49. The van der Waals surface area contributed by atoms with Gasteiger partial charge in [-0.3, -0.25) is 14.7 Å². The van der Waals surface area contributed by atoms with Crippen molar-refractivity contribution < 1.29 is 24.6 Å². The number of aromatic nitrogens is 3. The Morgan fingerprint density at radius 2 is 1.95 bits per heavy atom. The third-order valence-electron chi connectivity index (χ3n) is 2.74. The third-order valence-corrected chi connectivity index (χ3v) is 2.74. The zero-order chi connectivity index (χ0) is 16.0. The molecule has 1 atom stereocenters. The summed E-state index contributed by atoms with van der Waals surface area (Å²) in [6.45, 7) is 3.74. The zero-order valence-corrected chi connectivity index (χ0v) is 11.8. The van der Waals surface area contributed by atoms with E-state index in [4.69, 9.17) is 10.2 Å². The second-order valence-electron chi connectivity index (χ2n) is 4.85. The van der Waals surface area contributed by atoms with Gasteiger partial charge in [-0.15, -0.1) is 5.10 Å². The monoisotopic (exact) mass is 298 g/mol. The SMILES string of the molecule is CC(C)c1nc(C(=O)N[C@H](CCCC(=O)O)C(=O)O)n[nH]1. The molecule has 1 aromatic heterocycles. The Kier molecular flexibility index (Phi) is 5.82. The third kappa shape index (κ3) is 5.21. The van der Waals surface area contributed by atoms with E-state index in [0.29, 0.717) is 5.82 Å². The number of nitrogens with one attached hydrogen (secondary N) is 2. The molecule has 4 N–H and O–H groups in total. The lowest BCUT2D eigenvalue weighted by Crippen LogP contribution is -2.41. The van der Waals surface area contributed by atoms with Crippen LogP contribution >= 0.6 is 0 Å². The van der Waals surface area contributed by atoms with Crippen LogP contribution in [0.25, 0.3) is 0 Å². The van der Waals surface area contributed by atoms with Gasteiger partial charge in [0.1, 0.15) is 11.9 Å². The molecule has 0 spiro atoms. The molecule has 0 fully saturated rings. The molecule has 0 aromatic carbocycles. The summed E-state index contributed by atoms with van der Waals surface area (Å²) in [6.07, 6.45) is 0.0183. The van der Waals surface area contributed by atoms with Crippen molar-refractivity contribution in [3.05, 3.63) is 11.6 Å². The molecule has 9 nitrogen and oxygen atoms in total. The molecule has 0 bridgehead atoms. The summed E-state index contributed by atoms with van der Waals surface area (Å²) in [5, 5.41) is 26.1. The number of hydrogen-bond acceptors (Lipinski definition) is 5. The van der Waals surface area contributed by atoms with Crippen LogP contribution in [0.5, 0.6) is 0 Å². The van der Waals surface area contributed by atoms with Crippen molar-refractivity contribution >= 4 is 17.8 Å². The molecule has 0 unspecified atom stereocenters. The first-order chi connectivity index (χ1) is 9.81. The number of carbonyl (C=O) groups excluding carboxylic acids is 1. The van der Waals surface area contributed by atoms with Crippen LogP contribution < -0.4 is 5.32 Å². The molecule has 1 rings (SSSR count). The van der Waals surface area contributed by atoms with Crippen molar-refractivity contribution in [2.45, 2.75) is 45.1 Å². The minimum absolute atomic E-state index is 0.0227. The van der Waals surface area contributed by atoms with Gasteiger partial charge in [0.2, 0.25) is 5.82 Å². The molecule has 21 heavy (non-hydrogen) atoms. The normalized spacial score (nSPS) is 12.1. The zero-order valence-electron chi connectivity index (χ0n) is 11.8. The molecule has 1 aromatic rings. The predicted molar refractivity (Wildman–Crippen MR) is 70.8 cm³/mol. The molecule has 1 amide bonds. The maximum Gasteiger partial charge on any atom is 0.326 e. The molecule has 9 heteroatoms. The van der Waals surface area contributed by atoms with Crippen LogP contribution in [0.3, 0.4) is 0 Å². The van der Waals surface area contributed by atoms with E-state index in [1.165, 1.54) is 0 Å². The van der Waals surface area contributed by atoms with Crippen LogP contribution in [-0.2, 0) is 9.59 Å². The van der Waals surface area contributed by atoms with Gasteiger partial charge in [0.25, 0.3) is 5.91 Å². The van der Waals surface area contributed by atoms with E-state index in [-0.39, 0.29) is 31.0 Å².